The summed E-state index contributed by atoms with van der Waals surface area (Å²) in [5.74, 6) is -0.728. The normalized spacial score (nSPS) is 10.2. The fourth-order valence-corrected chi connectivity index (χ4v) is 0.962. The zero-order valence-electron chi connectivity index (χ0n) is 6.53. The predicted molar refractivity (Wildman–Crippen MR) is 44.0 cm³/mol. The Morgan fingerprint density at radius 2 is 2.00 bits per heavy atom. The minimum absolute atomic E-state index is 0.154. The molecule has 0 aromatic carbocycles. The summed E-state index contributed by atoms with van der Waals surface area (Å²) >= 11 is 0. The average Bonchev–Trinajstić information content (AvgIpc) is 2.49. The van der Waals surface area contributed by atoms with Crippen LogP contribution in [0.5, 0.6) is 0 Å². The number of anilines is 1. The maximum absolute atomic E-state index is 13.2. The number of H-pyrrole nitrogens is 1. The molecule has 2 aromatic rings. The van der Waals surface area contributed by atoms with E-state index in [2.05, 4.69) is 20.2 Å². The van der Waals surface area contributed by atoms with Gasteiger partial charge in [-0.2, -0.15) is 5.10 Å². The molecule has 66 valence electrons. The molecule has 0 aliphatic heterocycles. The maximum Gasteiger partial charge on any atom is 0.192 e. The van der Waals surface area contributed by atoms with E-state index in [0.717, 1.165) is 0 Å². The van der Waals surface area contributed by atoms with Gasteiger partial charge < -0.3 is 5.73 Å². The van der Waals surface area contributed by atoms with E-state index in [1.165, 1.54) is 18.7 Å². The van der Waals surface area contributed by atoms with Gasteiger partial charge in [-0.25, -0.2) is 14.4 Å². The van der Waals surface area contributed by atoms with Crippen LogP contribution in [-0.2, 0) is 0 Å². The molecule has 13 heavy (non-hydrogen) atoms. The largest absolute Gasteiger partial charge is 0.380 e. The lowest BCUT2D eigenvalue weighted by Crippen LogP contribution is -1.88. The van der Waals surface area contributed by atoms with Crippen molar-refractivity contribution in [1.82, 2.24) is 20.2 Å². The van der Waals surface area contributed by atoms with Gasteiger partial charge in [-0.15, -0.1) is 0 Å². The number of hydrogen-bond donors (Lipinski definition) is 2. The molecule has 0 saturated heterocycles. The smallest absolute Gasteiger partial charge is 0.192 e. The Balaban J connectivity index is 2.53. The Kier molecular flexibility index (Phi) is 1.66. The second-order valence-electron chi connectivity index (χ2n) is 2.42. The minimum atomic E-state index is -0.574. The van der Waals surface area contributed by atoms with Crippen LogP contribution in [0, 0.1) is 5.82 Å². The number of rotatable bonds is 1. The van der Waals surface area contributed by atoms with Crippen molar-refractivity contribution in [1.29, 1.82) is 0 Å². The average molecular weight is 179 g/mol. The molecule has 0 spiro atoms. The summed E-state index contributed by atoms with van der Waals surface area (Å²) in [6, 6.07) is 0. The van der Waals surface area contributed by atoms with E-state index in [9.17, 15) is 4.39 Å². The number of aromatic nitrogens is 4. The van der Waals surface area contributed by atoms with Crippen LogP contribution in [-0.4, -0.2) is 20.2 Å². The topological polar surface area (TPSA) is 80.5 Å². The molecule has 0 fully saturated rings. The fraction of sp³-hybridized carbons (Fsp3) is 0. The minimum Gasteiger partial charge on any atom is -0.380 e. The standard InChI is InChI=1S/C7H6FN5/c8-5-6(12-13-7(5)9)4-1-10-3-11-2-4/h1-3H,(H3,9,12,13). The van der Waals surface area contributed by atoms with Crippen LogP contribution in [0.15, 0.2) is 18.7 Å². The van der Waals surface area contributed by atoms with Gasteiger partial charge in [0.1, 0.15) is 12.0 Å². The van der Waals surface area contributed by atoms with Crippen LogP contribution in [0.1, 0.15) is 0 Å². The summed E-state index contributed by atoms with van der Waals surface area (Å²) in [4.78, 5) is 7.49. The van der Waals surface area contributed by atoms with Crippen molar-refractivity contribution in [3.05, 3.63) is 24.5 Å². The lowest BCUT2D eigenvalue weighted by Gasteiger charge is -1.93. The molecule has 0 saturated carbocycles. The Labute approximate surface area is 72.8 Å². The highest BCUT2D eigenvalue weighted by atomic mass is 19.1. The van der Waals surface area contributed by atoms with E-state index >= 15 is 0 Å². The molecule has 3 N–H and O–H groups in total. The molecule has 0 radical (unpaired) electrons. The molecule has 0 bridgehead atoms. The molecule has 0 atom stereocenters. The highest BCUT2D eigenvalue weighted by Gasteiger charge is 2.11. The number of nitrogens with zero attached hydrogens (tertiary/aromatic N) is 3. The van der Waals surface area contributed by atoms with Crippen molar-refractivity contribution >= 4 is 5.82 Å². The van der Waals surface area contributed by atoms with Crippen molar-refractivity contribution in [2.24, 2.45) is 0 Å². The number of halogens is 1. The Bertz CT molecular complexity index is 410. The highest BCUT2D eigenvalue weighted by Crippen LogP contribution is 2.21. The van der Waals surface area contributed by atoms with Gasteiger partial charge in [-0.3, -0.25) is 5.10 Å². The van der Waals surface area contributed by atoms with Crippen LogP contribution in [0.2, 0.25) is 0 Å². The first-order valence-corrected chi connectivity index (χ1v) is 3.54. The Morgan fingerprint density at radius 1 is 1.31 bits per heavy atom. The molecular formula is C7H6FN5. The zero-order chi connectivity index (χ0) is 9.26. The summed E-state index contributed by atoms with van der Waals surface area (Å²) in [7, 11) is 0. The monoisotopic (exact) mass is 179 g/mol. The van der Waals surface area contributed by atoms with Crippen molar-refractivity contribution in [3.63, 3.8) is 0 Å². The molecule has 0 amide bonds. The van der Waals surface area contributed by atoms with Gasteiger partial charge in [-0.05, 0) is 0 Å². The number of hydrogen-bond acceptors (Lipinski definition) is 4. The molecular weight excluding hydrogens is 173 g/mol. The molecule has 2 heterocycles. The van der Waals surface area contributed by atoms with Gasteiger partial charge in [0.15, 0.2) is 11.6 Å². The molecule has 0 unspecified atom stereocenters. The van der Waals surface area contributed by atoms with E-state index in [1.807, 2.05) is 0 Å². The summed E-state index contributed by atoms with van der Waals surface area (Å²) in [6.07, 6.45) is 4.31. The van der Waals surface area contributed by atoms with Crippen LogP contribution < -0.4 is 5.73 Å². The molecule has 0 aliphatic carbocycles. The van der Waals surface area contributed by atoms with Crippen molar-refractivity contribution in [2.75, 3.05) is 5.73 Å². The molecule has 6 heteroatoms. The molecule has 2 aromatic heterocycles. The van der Waals surface area contributed by atoms with E-state index in [-0.39, 0.29) is 11.5 Å². The first kappa shape index (κ1) is 7.66. The third kappa shape index (κ3) is 1.22. The van der Waals surface area contributed by atoms with Gasteiger partial charge in [0, 0.05) is 18.0 Å². The number of nitrogens with two attached hydrogens (primary N) is 1. The van der Waals surface area contributed by atoms with E-state index < -0.39 is 5.82 Å². The summed E-state index contributed by atoms with van der Waals surface area (Å²) in [6.45, 7) is 0. The van der Waals surface area contributed by atoms with E-state index in [4.69, 9.17) is 5.73 Å². The van der Waals surface area contributed by atoms with Gasteiger partial charge in [-0.1, -0.05) is 0 Å². The lowest BCUT2D eigenvalue weighted by molar-refractivity contribution is 0.636. The predicted octanol–water partition coefficient (Wildman–Crippen LogP) is 0.588. The second-order valence-corrected chi connectivity index (χ2v) is 2.42. The number of nitrogens with one attached hydrogen (secondary N) is 1. The maximum atomic E-state index is 13.2. The van der Waals surface area contributed by atoms with Crippen LogP contribution in [0.3, 0.4) is 0 Å². The van der Waals surface area contributed by atoms with Gasteiger partial charge >= 0.3 is 0 Å². The Morgan fingerprint density at radius 3 is 2.54 bits per heavy atom. The summed E-state index contributed by atoms with van der Waals surface area (Å²) in [5, 5.41) is 5.97. The van der Waals surface area contributed by atoms with Crippen LogP contribution in [0.4, 0.5) is 10.2 Å². The number of nitrogen functional groups attached to an aromatic ring is 1. The third-order valence-corrected chi connectivity index (χ3v) is 1.58. The summed E-state index contributed by atoms with van der Waals surface area (Å²) in [5.41, 5.74) is 5.94. The first-order valence-electron chi connectivity index (χ1n) is 3.54. The van der Waals surface area contributed by atoms with Crippen molar-refractivity contribution in [3.8, 4) is 11.3 Å². The zero-order valence-corrected chi connectivity index (χ0v) is 6.53. The first-order chi connectivity index (χ1) is 6.29. The van der Waals surface area contributed by atoms with Crippen LogP contribution in [0.25, 0.3) is 11.3 Å². The van der Waals surface area contributed by atoms with Gasteiger partial charge in [0.05, 0.1) is 0 Å². The quantitative estimate of drug-likeness (QED) is 0.671. The molecule has 0 aliphatic rings. The second kappa shape index (κ2) is 2.81. The summed E-state index contributed by atoms with van der Waals surface area (Å²) < 4.78 is 13.2. The molecule has 5 nitrogen and oxygen atoms in total. The lowest BCUT2D eigenvalue weighted by atomic mass is 10.2. The highest BCUT2D eigenvalue weighted by molar-refractivity contribution is 5.60. The molecule has 2 rings (SSSR count). The number of aromatic amines is 1. The van der Waals surface area contributed by atoms with Crippen LogP contribution >= 0.6 is 0 Å². The Hall–Kier alpha value is -1.98. The van der Waals surface area contributed by atoms with Gasteiger partial charge in [0.25, 0.3) is 0 Å². The fourth-order valence-electron chi connectivity index (χ4n) is 0.962. The van der Waals surface area contributed by atoms with E-state index in [1.54, 1.807) is 0 Å². The SMILES string of the molecule is Nc1n[nH]c(-c2cncnc2)c1F. The van der Waals surface area contributed by atoms with Gasteiger partial charge in [0.2, 0.25) is 0 Å². The van der Waals surface area contributed by atoms with E-state index in [0.29, 0.717) is 5.56 Å². The van der Waals surface area contributed by atoms with Crippen molar-refractivity contribution in [2.45, 2.75) is 0 Å². The third-order valence-electron chi connectivity index (χ3n) is 1.58. The van der Waals surface area contributed by atoms with Crippen molar-refractivity contribution < 1.29 is 4.39 Å².